The van der Waals surface area contributed by atoms with Gasteiger partial charge in [0.15, 0.2) is 6.10 Å². The van der Waals surface area contributed by atoms with Crippen LogP contribution < -0.4 is 15.0 Å². The Labute approximate surface area is 146 Å². The van der Waals surface area contributed by atoms with Crippen molar-refractivity contribution in [2.45, 2.75) is 51.9 Å². The molecule has 0 spiro atoms. The van der Waals surface area contributed by atoms with Crippen molar-refractivity contribution in [2.24, 2.45) is 0 Å². The van der Waals surface area contributed by atoms with E-state index in [2.05, 4.69) is 37.9 Å². The number of halogens is 1. The Bertz CT molecular complexity index is 799. The van der Waals surface area contributed by atoms with Gasteiger partial charge in [0.2, 0.25) is 0 Å². The molecule has 1 aromatic carbocycles. The molecular formula is C19H23FN2O3. The Morgan fingerprint density at radius 1 is 1.36 bits per heavy atom. The molecule has 0 radical (unpaired) electrons. The summed E-state index contributed by atoms with van der Waals surface area (Å²) in [6.07, 6.45) is 0.760. The van der Waals surface area contributed by atoms with Gasteiger partial charge in [0.1, 0.15) is 19.0 Å². The number of hydrogen-bond acceptors (Lipinski definition) is 4. The lowest BCUT2D eigenvalue weighted by Gasteiger charge is -2.23. The van der Waals surface area contributed by atoms with Crippen molar-refractivity contribution in [1.82, 2.24) is 9.55 Å². The fourth-order valence-electron chi connectivity index (χ4n) is 2.80. The van der Waals surface area contributed by atoms with Crippen LogP contribution in [0.3, 0.4) is 0 Å². The fraction of sp³-hybridized carbons (Fsp3) is 0.474. The van der Waals surface area contributed by atoms with E-state index in [4.69, 9.17) is 9.47 Å². The summed E-state index contributed by atoms with van der Waals surface area (Å²) >= 11 is 0. The minimum absolute atomic E-state index is 0.135. The van der Waals surface area contributed by atoms with Crippen LogP contribution in [0.1, 0.15) is 38.4 Å². The predicted octanol–water partition coefficient (Wildman–Crippen LogP) is 3.24. The zero-order valence-electron chi connectivity index (χ0n) is 14.8. The molecule has 3 rings (SSSR count). The van der Waals surface area contributed by atoms with Crippen molar-refractivity contribution in [3.63, 3.8) is 0 Å². The van der Waals surface area contributed by atoms with Crippen molar-refractivity contribution < 1.29 is 13.9 Å². The number of benzene rings is 1. The summed E-state index contributed by atoms with van der Waals surface area (Å²) < 4.78 is 26.0. The number of fused-ring (bicyclic) bond motifs is 1. The van der Waals surface area contributed by atoms with E-state index in [1.165, 1.54) is 11.6 Å². The summed E-state index contributed by atoms with van der Waals surface area (Å²) in [5.41, 5.74) is 1.19. The van der Waals surface area contributed by atoms with E-state index in [1.807, 2.05) is 12.1 Å². The van der Waals surface area contributed by atoms with Gasteiger partial charge < -0.3 is 9.47 Å². The smallest absolute Gasteiger partial charge is 0.300 e. The van der Waals surface area contributed by atoms with Crippen LogP contribution in [0.5, 0.6) is 11.8 Å². The lowest BCUT2D eigenvalue weighted by molar-refractivity contribution is 0.143. The van der Waals surface area contributed by atoms with Crippen LogP contribution >= 0.6 is 0 Å². The lowest BCUT2D eigenvalue weighted by atomic mass is 9.82. The summed E-state index contributed by atoms with van der Waals surface area (Å²) in [6.45, 7) is 6.59. The van der Waals surface area contributed by atoms with Crippen molar-refractivity contribution in [3.05, 3.63) is 51.9 Å². The van der Waals surface area contributed by atoms with Crippen LogP contribution in [0.2, 0.25) is 0 Å². The van der Waals surface area contributed by atoms with Gasteiger partial charge in [0, 0.05) is 6.07 Å². The SMILES string of the molecule is CCC(C)(C)c1ccc(OCC2Cn3c(CF)cc(=O)nc3O2)cc1. The Morgan fingerprint density at radius 2 is 2.08 bits per heavy atom. The van der Waals surface area contributed by atoms with Gasteiger partial charge in [-0.3, -0.25) is 9.36 Å². The highest BCUT2D eigenvalue weighted by atomic mass is 19.1. The Hall–Kier alpha value is -2.37. The molecule has 1 aliphatic heterocycles. The second kappa shape index (κ2) is 6.86. The fourth-order valence-corrected chi connectivity index (χ4v) is 2.80. The highest BCUT2D eigenvalue weighted by molar-refractivity contribution is 5.31. The van der Waals surface area contributed by atoms with E-state index in [1.54, 1.807) is 4.57 Å². The van der Waals surface area contributed by atoms with Crippen LogP contribution in [-0.2, 0) is 18.6 Å². The first-order chi connectivity index (χ1) is 11.9. The maximum Gasteiger partial charge on any atom is 0.300 e. The van der Waals surface area contributed by atoms with Gasteiger partial charge in [-0.25, -0.2) is 4.39 Å². The quantitative estimate of drug-likeness (QED) is 0.806. The lowest BCUT2D eigenvalue weighted by Crippen LogP contribution is -2.23. The van der Waals surface area contributed by atoms with Gasteiger partial charge in [-0.1, -0.05) is 32.9 Å². The van der Waals surface area contributed by atoms with Crippen molar-refractivity contribution in [2.75, 3.05) is 6.61 Å². The summed E-state index contributed by atoms with van der Waals surface area (Å²) in [6, 6.07) is 9.40. The third-order valence-corrected chi connectivity index (χ3v) is 4.82. The molecule has 1 unspecified atom stereocenters. The van der Waals surface area contributed by atoms with Crippen LogP contribution in [0.15, 0.2) is 35.1 Å². The summed E-state index contributed by atoms with van der Waals surface area (Å²) in [5.74, 6) is 0.753. The molecule has 2 aromatic rings. The molecule has 5 nitrogen and oxygen atoms in total. The molecule has 0 N–H and O–H groups in total. The van der Waals surface area contributed by atoms with Crippen molar-refractivity contribution >= 4 is 0 Å². The Balaban J connectivity index is 1.63. The minimum atomic E-state index is -0.726. The first kappa shape index (κ1) is 17.5. The van der Waals surface area contributed by atoms with Gasteiger partial charge >= 0.3 is 6.01 Å². The highest BCUT2D eigenvalue weighted by Gasteiger charge is 2.26. The van der Waals surface area contributed by atoms with E-state index in [-0.39, 0.29) is 23.2 Å². The van der Waals surface area contributed by atoms with Crippen LogP contribution in [0.25, 0.3) is 0 Å². The first-order valence-electron chi connectivity index (χ1n) is 8.49. The normalized spacial score (nSPS) is 16.4. The molecule has 0 saturated carbocycles. The topological polar surface area (TPSA) is 53.4 Å². The number of rotatable bonds is 6. The van der Waals surface area contributed by atoms with Crippen LogP contribution in [-0.4, -0.2) is 22.3 Å². The monoisotopic (exact) mass is 346 g/mol. The number of alkyl halides is 1. The van der Waals surface area contributed by atoms with E-state index in [0.717, 1.165) is 12.2 Å². The third kappa shape index (κ3) is 3.67. The van der Waals surface area contributed by atoms with Gasteiger partial charge in [0.05, 0.1) is 12.2 Å². The molecule has 0 fully saturated rings. The molecule has 0 saturated heterocycles. The van der Waals surface area contributed by atoms with E-state index >= 15 is 0 Å². The second-order valence-electron chi connectivity index (χ2n) is 6.93. The van der Waals surface area contributed by atoms with E-state index < -0.39 is 12.2 Å². The largest absolute Gasteiger partial charge is 0.490 e. The van der Waals surface area contributed by atoms with Crippen molar-refractivity contribution in [3.8, 4) is 11.8 Å². The zero-order valence-corrected chi connectivity index (χ0v) is 14.8. The van der Waals surface area contributed by atoms with Crippen molar-refractivity contribution in [1.29, 1.82) is 0 Å². The Morgan fingerprint density at radius 3 is 2.72 bits per heavy atom. The molecule has 1 atom stereocenters. The number of nitrogens with zero attached hydrogens (tertiary/aromatic N) is 2. The predicted molar refractivity (Wildman–Crippen MR) is 93.0 cm³/mol. The molecule has 0 aliphatic carbocycles. The molecule has 1 aromatic heterocycles. The van der Waals surface area contributed by atoms with Crippen LogP contribution in [0.4, 0.5) is 4.39 Å². The molecular weight excluding hydrogens is 323 g/mol. The van der Waals surface area contributed by atoms with Crippen LogP contribution in [0, 0.1) is 0 Å². The molecule has 0 bridgehead atoms. The maximum atomic E-state index is 13.0. The van der Waals surface area contributed by atoms with E-state index in [9.17, 15) is 9.18 Å². The molecule has 2 heterocycles. The van der Waals surface area contributed by atoms with Gasteiger partial charge in [-0.15, -0.1) is 0 Å². The molecule has 134 valence electrons. The summed E-state index contributed by atoms with van der Waals surface area (Å²) in [5, 5.41) is 0. The molecule has 1 aliphatic rings. The third-order valence-electron chi connectivity index (χ3n) is 4.82. The Kier molecular flexibility index (Phi) is 4.79. The average Bonchev–Trinajstić information content (AvgIpc) is 3.02. The van der Waals surface area contributed by atoms with Gasteiger partial charge in [-0.2, -0.15) is 4.98 Å². The second-order valence-corrected chi connectivity index (χ2v) is 6.93. The number of ether oxygens (including phenoxy) is 2. The summed E-state index contributed by atoms with van der Waals surface area (Å²) in [4.78, 5) is 15.2. The van der Waals surface area contributed by atoms with Gasteiger partial charge in [-0.05, 0) is 29.5 Å². The standard InChI is InChI=1S/C19H23FN2O3/c1-4-19(2,3)13-5-7-15(8-6-13)24-12-16-11-22-14(10-20)9-17(23)21-18(22)25-16/h5-9,16H,4,10-12H2,1-3H3. The maximum absolute atomic E-state index is 13.0. The van der Waals surface area contributed by atoms with Gasteiger partial charge in [0.25, 0.3) is 5.56 Å². The number of aromatic nitrogens is 2. The minimum Gasteiger partial charge on any atom is -0.490 e. The number of hydrogen-bond donors (Lipinski definition) is 0. The average molecular weight is 346 g/mol. The molecule has 0 amide bonds. The summed E-state index contributed by atoms with van der Waals surface area (Å²) in [7, 11) is 0. The highest BCUT2D eigenvalue weighted by Crippen LogP contribution is 2.28. The van der Waals surface area contributed by atoms with E-state index in [0.29, 0.717) is 13.2 Å². The zero-order chi connectivity index (χ0) is 18.0. The first-order valence-corrected chi connectivity index (χ1v) is 8.49. The molecule has 6 heteroatoms. The molecule has 25 heavy (non-hydrogen) atoms.